The molecule has 1 unspecified atom stereocenters. The van der Waals surface area contributed by atoms with Gasteiger partial charge < -0.3 is 15.2 Å². The van der Waals surface area contributed by atoms with E-state index in [0.29, 0.717) is 5.92 Å². The Morgan fingerprint density at radius 3 is 2.53 bits per heavy atom. The maximum atomic E-state index is 9.91. The number of hydrogen-bond acceptors (Lipinski definition) is 4. The van der Waals surface area contributed by atoms with Crippen LogP contribution in [-0.2, 0) is 4.74 Å². The van der Waals surface area contributed by atoms with Gasteiger partial charge in [-0.15, -0.1) is 0 Å². The van der Waals surface area contributed by atoms with E-state index in [0.717, 1.165) is 45.8 Å². The van der Waals surface area contributed by atoms with Crippen molar-refractivity contribution in [2.24, 2.45) is 5.92 Å². The zero-order valence-electron chi connectivity index (χ0n) is 13.0. The molecule has 0 aliphatic heterocycles. The van der Waals surface area contributed by atoms with Gasteiger partial charge in [-0.25, -0.2) is 0 Å². The smallest absolute Gasteiger partial charge is 0.0628 e. The van der Waals surface area contributed by atoms with Gasteiger partial charge in [0.1, 0.15) is 0 Å². The first kappa shape index (κ1) is 16.9. The van der Waals surface area contributed by atoms with E-state index >= 15 is 0 Å². The minimum atomic E-state index is -0.0990. The van der Waals surface area contributed by atoms with Crippen LogP contribution in [0, 0.1) is 5.92 Å². The summed E-state index contributed by atoms with van der Waals surface area (Å²) in [5, 5.41) is 13.5. The molecule has 0 aromatic rings. The van der Waals surface area contributed by atoms with Crippen molar-refractivity contribution in [1.82, 2.24) is 10.2 Å². The van der Waals surface area contributed by atoms with Crippen molar-refractivity contribution in [2.75, 3.05) is 46.0 Å². The highest BCUT2D eigenvalue weighted by Gasteiger charge is 2.45. The van der Waals surface area contributed by atoms with Gasteiger partial charge >= 0.3 is 0 Å². The third-order valence-corrected chi connectivity index (χ3v) is 4.08. The Kier molecular flexibility index (Phi) is 7.91. The largest absolute Gasteiger partial charge is 0.394 e. The van der Waals surface area contributed by atoms with Crippen molar-refractivity contribution >= 4 is 0 Å². The molecule has 4 heteroatoms. The summed E-state index contributed by atoms with van der Waals surface area (Å²) in [7, 11) is 0. The summed E-state index contributed by atoms with van der Waals surface area (Å²) >= 11 is 0. The molecule has 0 aromatic carbocycles. The third kappa shape index (κ3) is 5.38. The molecule has 1 atom stereocenters. The lowest BCUT2D eigenvalue weighted by Gasteiger charge is -2.38. The molecular formula is C15H32N2O2. The monoisotopic (exact) mass is 272 g/mol. The quantitative estimate of drug-likeness (QED) is 0.528. The maximum Gasteiger partial charge on any atom is 0.0628 e. The Morgan fingerprint density at radius 2 is 2.05 bits per heavy atom. The summed E-state index contributed by atoms with van der Waals surface area (Å²) in [6.45, 7) is 12.1. The molecule has 0 heterocycles. The van der Waals surface area contributed by atoms with Crippen LogP contribution < -0.4 is 5.32 Å². The van der Waals surface area contributed by atoms with Crippen LogP contribution in [0.2, 0.25) is 0 Å². The van der Waals surface area contributed by atoms with Crippen LogP contribution in [-0.4, -0.2) is 61.5 Å². The van der Waals surface area contributed by atoms with Crippen molar-refractivity contribution in [2.45, 2.75) is 45.6 Å². The Bertz CT molecular complexity index is 234. The van der Waals surface area contributed by atoms with Crippen molar-refractivity contribution < 1.29 is 9.84 Å². The van der Waals surface area contributed by atoms with E-state index in [1.807, 2.05) is 6.92 Å². The van der Waals surface area contributed by atoms with E-state index < -0.39 is 0 Å². The minimum Gasteiger partial charge on any atom is -0.394 e. The van der Waals surface area contributed by atoms with Crippen molar-refractivity contribution in [3.63, 3.8) is 0 Å². The third-order valence-electron chi connectivity index (χ3n) is 4.08. The SMILES string of the molecule is CCCNC(CO)(CN(CC)CCOCC)C1CC1. The van der Waals surface area contributed by atoms with Crippen LogP contribution in [0.4, 0.5) is 0 Å². The molecular weight excluding hydrogens is 240 g/mol. The summed E-state index contributed by atoms with van der Waals surface area (Å²) < 4.78 is 5.45. The first-order valence-electron chi connectivity index (χ1n) is 7.88. The average Bonchev–Trinajstić information content (AvgIpc) is 3.27. The van der Waals surface area contributed by atoms with E-state index in [4.69, 9.17) is 4.74 Å². The zero-order valence-corrected chi connectivity index (χ0v) is 13.0. The van der Waals surface area contributed by atoms with Gasteiger partial charge in [-0.2, -0.15) is 0 Å². The van der Waals surface area contributed by atoms with Gasteiger partial charge in [0.25, 0.3) is 0 Å². The molecule has 19 heavy (non-hydrogen) atoms. The van der Waals surface area contributed by atoms with Crippen LogP contribution in [0.15, 0.2) is 0 Å². The Hall–Kier alpha value is -0.160. The molecule has 1 fully saturated rings. The molecule has 1 rings (SSSR count). The summed E-state index contributed by atoms with van der Waals surface area (Å²) in [6.07, 6.45) is 3.61. The fraction of sp³-hybridized carbons (Fsp3) is 1.00. The van der Waals surface area contributed by atoms with Gasteiger partial charge in [0, 0.05) is 19.7 Å². The van der Waals surface area contributed by atoms with Crippen LogP contribution in [0.25, 0.3) is 0 Å². The number of likely N-dealkylation sites (N-methyl/N-ethyl adjacent to an activating group) is 1. The minimum absolute atomic E-state index is 0.0990. The van der Waals surface area contributed by atoms with Crippen LogP contribution in [0.1, 0.15) is 40.0 Å². The van der Waals surface area contributed by atoms with Gasteiger partial charge in [-0.3, -0.25) is 4.90 Å². The molecule has 0 radical (unpaired) electrons. The highest BCUT2D eigenvalue weighted by atomic mass is 16.5. The maximum absolute atomic E-state index is 9.91. The average molecular weight is 272 g/mol. The van der Waals surface area contributed by atoms with Crippen LogP contribution in [0.5, 0.6) is 0 Å². The standard InChI is InChI=1S/C15H32N2O2/c1-4-9-16-15(13-18,14-7-8-14)12-17(5-2)10-11-19-6-3/h14,16,18H,4-13H2,1-3H3. The molecule has 114 valence electrons. The Balaban J connectivity index is 2.52. The number of aliphatic hydroxyl groups excluding tert-OH is 1. The topological polar surface area (TPSA) is 44.7 Å². The predicted octanol–water partition coefficient (Wildman–Crippen LogP) is 1.49. The number of aliphatic hydroxyl groups is 1. The molecule has 1 aliphatic rings. The van der Waals surface area contributed by atoms with Crippen molar-refractivity contribution in [3.05, 3.63) is 0 Å². The molecule has 0 amide bonds. The Labute approximate surface area is 118 Å². The summed E-state index contributed by atoms with van der Waals surface area (Å²) in [5.41, 5.74) is -0.0990. The normalized spacial score (nSPS) is 18.8. The van der Waals surface area contributed by atoms with Crippen molar-refractivity contribution in [1.29, 1.82) is 0 Å². The van der Waals surface area contributed by atoms with E-state index in [1.165, 1.54) is 12.8 Å². The molecule has 1 saturated carbocycles. The fourth-order valence-corrected chi connectivity index (χ4v) is 2.66. The lowest BCUT2D eigenvalue weighted by atomic mass is 9.93. The van der Waals surface area contributed by atoms with Gasteiger partial charge in [0.05, 0.1) is 18.8 Å². The highest BCUT2D eigenvalue weighted by molar-refractivity contribution is 5.02. The summed E-state index contributed by atoms with van der Waals surface area (Å²) in [5.74, 6) is 0.644. The second-order valence-electron chi connectivity index (χ2n) is 5.58. The van der Waals surface area contributed by atoms with E-state index in [9.17, 15) is 5.11 Å². The second kappa shape index (κ2) is 8.90. The van der Waals surface area contributed by atoms with E-state index in [2.05, 4.69) is 24.1 Å². The molecule has 4 nitrogen and oxygen atoms in total. The highest BCUT2D eigenvalue weighted by Crippen LogP contribution is 2.40. The lowest BCUT2D eigenvalue weighted by Crippen LogP contribution is -2.58. The molecule has 0 spiro atoms. The van der Waals surface area contributed by atoms with Gasteiger partial charge in [-0.05, 0) is 45.2 Å². The zero-order chi connectivity index (χ0) is 14.1. The van der Waals surface area contributed by atoms with Crippen LogP contribution in [0.3, 0.4) is 0 Å². The van der Waals surface area contributed by atoms with Gasteiger partial charge in [0.15, 0.2) is 0 Å². The molecule has 1 aliphatic carbocycles. The number of hydrogen-bond donors (Lipinski definition) is 2. The Morgan fingerprint density at radius 1 is 1.32 bits per heavy atom. The van der Waals surface area contributed by atoms with E-state index in [-0.39, 0.29) is 12.1 Å². The molecule has 0 bridgehead atoms. The number of rotatable bonds is 12. The van der Waals surface area contributed by atoms with E-state index in [1.54, 1.807) is 0 Å². The molecule has 2 N–H and O–H groups in total. The van der Waals surface area contributed by atoms with Gasteiger partial charge in [-0.1, -0.05) is 13.8 Å². The number of ether oxygens (including phenoxy) is 1. The second-order valence-corrected chi connectivity index (χ2v) is 5.58. The first-order chi connectivity index (χ1) is 9.22. The molecule has 0 saturated heterocycles. The van der Waals surface area contributed by atoms with Crippen LogP contribution >= 0.6 is 0 Å². The summed E-state index contributed by atoms with van der Waals surface area (Å²) in [6, 6.07) is 0. The molecule has 0 aromatic heterocycles. The number of nitrogens with one attached hydrogen (secondary N) is 1. The van der Waals surface area contributed by atoms with Crippen molar-refractivity contribution in [3.8, 4) is 0 Å². The first-order valence-corrected chi connectivity index (χ1v) is 7.88. The number of nitrogens with zero attached hydrogens (tertiary/aromatic N) is 1. The fourth-order valence-electron chi connectivity index (χ4n) is 2.66. The predicted molar refractivity (Wildman–Crippen MR) is 79.4 cm³/mol. The lowest BCUT2D eigenvalue weighted by molar-refractivity contribution is 0.0677. The summed E-state index contributed by atoms with van der Waals surface area (Å²) in [4.78, 5) is 2.40. The van der Waals surface area contributed by atoms with Gasteiger partial charge in [0.2, 0.25) is 0 Å².